The fourth-order valence-electron chi connectivity index (χ4n) is 2.83. The maximum absolute atomic E-state index is 12.3. The molecule has 19 heavy (non-hydrogen) atoms. The summed E-state index contributed by atoms with van der Waals surface area (Å²) in [7, 11) is 0. The summed E-state index contributed by atoms with van der Waals surface area (Å²) in [6.45, 7) is 1.78. The Bertz CT molecular complexity index is 476. The summed E-state index contributed by atoms with van der Waals surface area (Å²) < 4.78 is 0. The standard InChI is InChI=1S/C15H21N3O/c16-13-6-4-5-12(11-13)15(7-8-15)17-14(19)18-9-2-1-3-10-18/h4-6,11H,1-3,7-10,16H2,(H,17,19). The van der Waals surface area contributed by atoms with Gasteiger partial charge in [-0.1, -0.05) is 12.1 Å². The van der Waals surface area contributed by atoms with E-state index in [0.717, 1.165) is 50.0 Å². The summed E-state index contributed by atoms with van der Waals surface area (Å²) in [6, 6.07) is 7.95. The third-order valence-electron chi connectivity index (χ3n) is 4.18. The topological polar surface area (TPSA) is 58.4 Å². The van der Waals surface area contributed by atoms with E-state index in [1.54, 1.807) is 0 Å². The normalized spacial score (nSPS) is 20.9. The SMILES string of the molecule is Nc1cccc(C2(NC(=O)N3CCCCC3)CC2)c1. The van der Waals surface area contributed by atoms with E-state index in [1.165, 1.54) is 6.42 Å². The molecule has 2 aliphatic rings. The molecule has 0 aromatic heterocycles. The molecule has 102 valence electrons. The first-order chi connectivity index (χ1) is 9.20. The van der Waals surface area contributed by atoms with Gasteiger partial charge in [-0.2, -0.15) is 0 Å². The molecule has 0 spiro atoms. The van der Waals surface area contributed by atoms with Gasteiger partial charge >= 0.3 is 6.03 Å². The molecule has 2 amide bonds. The third kappa shape index (κ3) is 2.53. The van der Waals surface area contributed by atoms with E-state index in [2.05, 4.69) is 11.4 Å². The molecule has 0 bridgehead atoms. The zero-order valence-electron chi connectivity index (χ0n) is 11.2. The van der Waals surface area contributed by atoms with Gasteiger partial charge in [0.2, 0.25) is 0 Å². The number of hydrogen-bond donors (Lipinski definition) is 2. The van der Waals surface area contributed by atoms with Gasteiger partial charge in [0.05, 0.1) is 5.54 Å². The largest absolute Gasteiger partial charge is 0.399 e. The second-order valence-electron chi connectivity index (χ2n) is 5.69. The van der Waals surface area contributed by atoms with Crippen LogP contribution in [0.3, 0.4) is 0 Å². The van der Waals surface area contributed by atoms with E-state index in [1.807, 2.05) is 23.1 Å². The second-order valence-corrected chi connectivity index (χ2v) is 5.69. The van der Waals surface area contributed by atoms with E-state index < -0.39 is 0 Å². The molecule has 1 aliphatic carbocycles. The van der Waals surface area contributed by atoms with Crippen molar-refractivity contribution in [3.63, 3.8) is 0 Å². The van der Waals surface area contributed by atoms with Crippen molar-refractivity contribution >= 4 is 11.7 Å². The van der Waals surface area contributed by atoms with Crippen LogP contribution < -0.4 is 11.1 Å². The predicted molar refractivity (Wildman–Crippen MR) is 75.7 cm³/mol. The van der Waals surface area contributed by atoms with Crippen LogP contribution in [0.4, 0.5) is 10.5 Å². The summed E-state index contributed by atoms with van der Waals surface area (Å²) >= 11 is 0. The molecule has 1 aliphatic heterocycles. The lowest BCUT2D eigenvalue weighted by molar-refractivity contribution is 0.181. The quantitative estimate of drug-likeness (QED) is 0.801. The number of likely N-dealkylation sites (tertiary alicyclic amines) is 1. The number of amides is 2. The molecule has 1 heterocycles. The number of benzene rings is 1. The Morgan fingerprint density at radius 3 is 2.58 bits per heavy atom. The van der Waals surface area contributed by atoms with Crippen molar-refractivity contribution in [2.45, 2.75) is 37.6 Å². The van der Waals surface area contributed by atoms with Crippen molar-refractivity contribution in [1.29, 1.82) is 0 Å². The number of piperidine rings is 1. The number of anilines is 1. The number of nitrogens with two attached hydrogens (primary N) is 1. The van der Waals surface area contributed by atoms with Gasteiger partial charge in [0.25, 0.3) is 0 Å². The van der Waals surface area contributed by atoms with Gasteiger partial charge in [0.1, 0.15) is 0 Å². The molecular weight excluding hydrogens is 238 g/mol. The van der Waals surface area contributed by atoms with Gasteiger partial charge in [-0.15, -0.1) is 0 Å². The second kappa shape index (κ2) is 4.76. The van der Waals surface area contributed by atoms with Crippen LogP contribution in [0.5, 0.6) is 0 Å². The average molecular weight is 259 g/mol. The molecular formula is C15H21N3O. The lowest BCUT2D eigenvalue weighted by Gasteiger charge is -2.29. The van der Waals surface area contributed by atoms with Crippen LogP contribution in [0.25, 0.3) is 0 Å². The van der Waals surface area contributed by atoms with Gasteiger partial charge in [-0.3, -0.25) is 0 Å². The first kappa shape index (κ1) is 12.3. The molecule has 3 rings (SSSR count). The number of urea groups is 1. The van der Waals surface area contributed by atoms with E-state index in [4.69, 9.17) is 5.73 Å². The maximum Gasteiger partial charge on any atom is 0.318 e. The van der Waals surface area contributed by atoms with Crippen LogP contribution in [0.1, 0.15) is 37.7 Å². The van der Waals surface area contributed by atoms with E-state index >= 15 is 0 Å². The van der Waals surface area contributed by atoms with Crippen LogP contribution in [-0.4, -0.2) is 24.0 Å². The number of nitrogens with zero attached hydrogens (tertiary/aromatic N) is 1. The summed E-state index contributed by atoms with van der Waals surface area (Å²) in [5.74, 6) is 0. The maximum atomic E-state index is 12.3. The van der Waals surface area contributed by atoms with Crippen molar-refractivity contribution in [3.05, 3.63) is 29.8 Å². The Kier molecular flexibility index (Phi) is 3.09. The van der Waals surface area contributed by atoms with Gasteiger partial charge in [-0.25, -0.2) is 4.79 Å². The Labute approximate surface area is 114 Å². The zero-order valence-corrected chi connectivity index (χ0v) is 11.2. The Morgan fingerprint density at radius 1 is 1.21 bits per heavy atom. The number of hydrogen-bond acceptors (Lipinski definition) is 2. The average Bonchev–Trinajstić information content (AvgIpc) is 3.21. The Hall–Kier alpha value is -1.71. The highest BCUT2D eigenvalue weighted by Crippen LogP contribution is 2.46. The van der Waals surface area contributed by atoms with Crippen molar-refractivity contribution in [2.75, 3.05) is 18.8 Å². The predicted octanol–water partition coefficient (Wildman–Crippen LogP) is 2.45. The van der Waals surface area contributed by atoms with Crippen LogP contribution in [-0.2, 0) is 5.54 Å². The summed E-state index contributed by atoms with van der Waals surface area (Å²) in [6.07, 6.45) is 5.51. The molecule has 1 saturated heterocycles. The van der Waals surface area contributed by atoms with Gasteiger partial charge < -0.3 is 16.0 Å². The zero-order chi connectivity index (χ0) is 13.3. The molecule has 3 N–H and O–H groups in total. The summed E-state index contributed by atoms with van der Waals surface area (Å²) in [4.78, 5) is 14.2. The lowest BCUT2D eigenvalue weighted by atomic mass is 10.0. The highest BCUT2D eigenvalue weighted by molar-refractivity contribution is 5.76. The lowest BCUT2D eigenvalue weighted by Crippen LogP contribution is -2.46. The summed E-state index contributed by atoms with van der Waals surface area (Å²) in [5, 5.41) is 3.21. The Morgan fingerprint density at radius 2 is 1.95 bits per heavy atom. The highest BCUT2D eigenvalue weighted by atomic mass is 16.2. The van der Waals surface area contributed by atoms with Gasteiger partial charge in [-0.05, 0) is 49.8 Å². The van der Waals surface area contributed by atoms with Crippen LogP contribution in [0.15, 0.2) is 24.3 Å². The summed E-state index contributed by atoms with van der Waals surface area (Å²) in [5.41, 5.74) is 7.57. The number of carbonyl (C=O) groups excluding carboxylic acids is 1. The van der Waals surface area contributed by atoms with Crippen LogP contribution in [0.2, 0.25) is 0 Å². The molecule has 1 saturated carbocycles. The molecule has 4 heteroatoms. The van der Waals surface area contributed by atoms with Crippen LogP contribution >= 0.6 is 0 Å². The minimum atomic E-state index is -0.163. The molecule has 1 aromatic carbocycles. The molecule has 1 aromatic rings. The fraction of sp³-hybridized carbons (Fsp3) is 0.533. The number of rotatable bonds is 2. The van der Waals surface area contributed by atoms with Crippen molar-refractivity contribution < 1.29 is 4.79 Å². The minimum Gasteiger partial charge on any atom is -0.399 e. The van der Waals surface area contributed by atoms with Crippen LogP contribution in [0, 0.1) is 0 Å². The first-order valence-corrected chi connectivity index (χ1v) is 7.13. The van der Waals surface area contributed by atoms with Gasteiger partial charge in [0.15, 0.2) is 0 Å². The van der Waals surface area contributed by atoms with Crippen molar-refractivity contribution in [2.24, 2.45) is 0 Å². The van der Waals surface area contributed by atoms with Crippen molar-refractivity contribution in [3.8, 4) is 0 Å². The number of carbonyl (C=O) groups is 1. The number of nitrogens with one attached hydrogen (secondary N) is 1. The minimum absolute atomic E-state index is 0.0830. The smallest absolute Gasteiger partial charge is 0.318 e. The van der Waals surface area contributed by atoms with E-state index in [9.17, 15) is 4.79 Å². The van der Waals surface area contributed by atoms with E-state index in [0.29, 0.717) is 0 Å². The number of nitrogen functional groups attached to an aromatic ring is 1. The third-order valence-corrected chi connectivity index (χ3v) is 4.18. The van der Waals surface area contributed by atoms with Gasteiger partial charge in [0, 0.05) is 18.8 Å². The van der Waals surface area contributed by atoms with E-state index in [-0.39, 0.29) is 11.6 Å². The first-order valence-electron chi connectivity index (χ1n) is 7.13. The fourth-order valence-corrected chi connectivity index (χ4v) is 2.83. The molecule has 4 nitrogen and oxygen atoms in total. The molecule has 0 unspecified atom stereocenters. The van der Waals surface area contributed by atoms with Crippen molar-refractivity contribution in [1.82, 2.24) is 10.2 Å². The molecule has 2 fully saturated rings. The Balaban J connectivity index is 1.70. The molecule has 0 radical (unpaired) electrons. The molecule has 0 atom stereocenters. The monoisotopic (exact) mass is 259 g/mol. The highest BCUT2D eigenvalue weighted by Gasteiger charge is 2.46.